The molecule has 0 saturated carbocycles. The molecule has 88 valence electrons. The third-order valence-electron chi connectivity index (χ3n) is 3.43. The van der Waals surface area contributed by atoms with Gasteiger partial charge in [-0.25, -0.2) is 4.79 Å². The lowest BCUT2D eigenvalue weighted by Gasteiger charge is -2.35. The van der Waals surface area contributed by atoms with Crippen LogP contribution in [0.15, 0.2) is 0 Å². The molecule has 1 aliphatic rings. The first kappa shape index (κ1) is 12.3. The minimum Gasteiger partial charge on any atom is -0.338 e. The second-order valence-electron chi connectivity index (χ2n) is 4.77. The molecule has 15 heavy (non-hydrogen) atoms. The summed E-state index contributed by atoms with van der Waals surface area (Å²) in [6.45, 7) is 9.29. The minimum absolute atomic E-state index is 0.127. The molecule has 2 atom stereocenters. The van der Waals surface area contributed by atoms with Crippen molar-refractivity contribution in [3.8, 4) is 0 Å². The standard InChI is InChI=1S/C12H24N2O/c1-4-5-7-13-12(15)14-8-6-10(2)11(3)9-14/h10-11H,4-9H2,1-3H3,(H,13,15). The molecule has 0 aliphatic carbocycles. The first-order valence-electron chi connectivity index (χ1n) is 6.18. The average molecular weight is 212 g/mol. The highest BCUT2D eigenvalue weighted by molar-refractivity contribution is 5.74. The maximum absolute atomic E-state index is 11.7. The number of nitrogens with one attached hydrogen (secondary N) is 1. The normalized spacial score (nSPS) is 26.5. The van der Waals surface area contributed by atoms with Crippen molar-refractivity contribution in [2.24, 2.45) is 11.8 Å². The maximum Gasteiger partial charge on any atom is 0.317 e. The molecule has 2 unspecified atom stereocenters. The lowest BCUT2D eigenvalue weighted by molar-refractivity contribution is 0.144. The van der Waals surface area contributed by atoms with Crippen molar-refractivity contribution in [1.82, 2.24) is 10.2 Å². The zero-order valence-corrected chi connectivity index (χ0v) is 10.3. The molecule has 1 heterocycles. The molecule has 1 rings (SSSR count). The quantitative estimate of drug-likeness (QED) is 0.716. The fourth-order valence-electron chi connectivity index (χ4n) is 1.93. The van der Waals surface area contributed by atoms with Gasteiger partial charge in [0.25, 0.3) is 0 Å². The van der Waals surface area contributed by atoms with E-state index < -0.39 is 0 Å². The molecule has 2 amide bonds. The van der Waals surface area contributed by atoms with Crippen LogP contribution >= 0.6 is 0 Å². The molecule has 0 aromatic heterocycles. The van der Waals surface area contributed by atoms with E-state index >= 15 is 0 Å². The maximum atomic E-state index is 11.7. The first-order chi connectivity index (χ1) is 7.15. The van der Waals surface area contributed by atoms with Crippen LogP contribution in [0.3, 0.4) is 0 Å². The number of carbonyl (C=O) groups is 1. The van der Waals surface area contributed by atoms with Crippen LogP contribution in [0, 0.1) is 11.8 Å². The number of carbonyl (C=O) groups excluding carboxylic acids is 1. The lowest BCUT2D eigenvalue weighted by Crippen LogP contribution is -2.47. The molecular weight excluding hydrogens is 188 g/mol. The van der Waals surface area contributed by atoms with Gasteiger partial charge in [0.05, 0.1) is 0 Å². The minimum atomic E-state index is 0.127. The predicted molar refractivity (Wildman–Crippen MR) is 62.8 cm³/mol. The Morgan fingerprint density at radius 1 is 1.40 bits per heavy atom. The first-order valence-corrected chi connectivity index (χ1v) is 6.18. The van der Waals surface area contributed by atoms with Crippen LogP contribution in [0.25, 0.3) is 0 Å². The molecule has 0 radical (unpaired) electrons. The van der Waals surface area contributed by atoms with Gasteiger partial charge in [-0.2, -0.15) is 0 Å². The van der Waals surface area contributed by atoms with E-state index in [9.17, 15) is 4.79 Å². The molecule has 1 saturated heterocycles. The fraction of sp³-hybridized carbons (Fsp3) is 0.917. The third-order valence-corrected chi connectivity index (χ3v) is 3.43. The Kier molecular flexibility index (Phi) is 4.92. The molecule has 1 aliphatic heterocycles. The van der Waals surface area contributed by atoms with Crippen molar-refractivity contribution < 1.29 is 4.79 Å². The van der Waals surface area contributed by atoms with Crippen LogP contribution in [0.4, 0.5) is 4.79 Å². The summed E-state index contributed by atoms with van der Waals surface area (Å²) < 4.78 is 0. The van der Waals surface area contributed by atoms with Gasteiger partial charge in [0.1, 0.15) is 0 Å². The third kappa shape index (κ3) is 3.73. The summed E-state index contributed by atoms with van der Waals surface area (Å²) in [6, 6.07) is 0.127. The molecule has 1 fully saturated rings. The highest BCUT2D eigenvalue weighted by Crippen LogP contribution is 2.22. The number of hydrogen-bond donors (Lipinski definition) is 1. The van der Waals surface area contributed by atoms with E-state index in [-0.39, 0.29) is 6.03 Å². The van der Waals surface area contributed by atoms with Crippen LogP contribution in [-0.2, 0) is 0 Å². The topological polar surface area (TPSA) is 32.3 Å². The summed E-state index contributed by atoms with van der Waals surface area (Å²) in [7, 11) is 0. The monoisotopic (exact) mass is 212 g/mol. The van der Waals surface area contributed by atoms with Gasteiger partial charge in [0.2, 0.25) is 0 Å². The van der Waals surface area contributed by atoms with E-state index in [1.807, 2.05) is 4.90 Å². The van der Waals surface area contributed by atoms with Gasteiger partial charge in [0, 0.05) is 19.6 Å². The number of piperidine rings is 1. The van der Waals surface area contributed by atoms with E-state index in [0.717, 1.165) is 44.8 Å². The number of likely N-dealkylation sites (tertiary alicyclic amines) is 1. The SMILES string of the molecule is CCCCNC(=O)N1CCC(C)C(C)C1. The van der Waals surface area contributed by atoms with Gasteiger partial charge >= 0.3 is 6.03 Å². The molecule has 0 aromatic rings. The zero-order chi connectivity index (χ0) is 11.3. The summed E-state index contributed by atoms with van der Waals surface area (Å²) >= 11 is 0. The Morgan fingerprint density at radius 2 is 2.13 bits per heavy atom. The smallest absolute Gasteiger partial charge is 0.317 e. The van der Waals surface area contributed by atoms with Gasteiger partial charge in [-0.15, -0.1) is 0 Å². The molecular formula is C12H24N2O. The molecule has 0 bridgehead atoms. The van der Waals surface area contributed by atoms with E-state index in [0.29, 0.717) is 5.92 Å². The highest BCUT2D eigenvalue weighted by Gasteiger charge is 2.25. The second kappa shape index (κ2) is 5.99. The van der Waals surface area contributed by atoms with Crippen LogP contribution in [0.1, 0.15) is 40.0 Å². The number of nitrogens with zero attached hydrogens (tertiary/aromatic N) is 1. The zero-order valence-electron chi connectivity index (χ0n) is 10.3. The summed E-state index contributed by atoms with van der Waals surface area (Å²) in [5.74, 6) is 1.39. The molecule has 0 spiro atoms. The highest BCUT2D eigenvalue weighted by atomic mass is 16.2. The molecule has 3 heteroatoms. The molecule has 1 N–H and O–H groups in total. The van der Waals surface area contributed by atoms with Crippen molar-refractivity contribution in [3.05, 3.63) is 0 Å². The fourth-order valence-corrected chi connectivity index (χ4v) is 1.93. The number of rotatable bonds is 3. The molecule has 3 nitrogen and oxygen atoms in total. The summed E-state index contributed by atoms with van der Waals surface area (Å²) in [6.07, 6.45) is 3.35. The lowest BCUT2D eigenvalue weighted by atomic mass is 9.89. The van der Waals surface area contributed by atoms with Crippen molar-refractivity contribution in [2.75, 3.05) is 19.6 Å². The van der Waals surface area contributed by atoms with Gasteiger partial charge < -0.3 is 10.2 Å². The Bertz CT molecular complexity index is 206. The van der Waals surface area contributed by atoms with E-state index in [4.69, 9.17) is 0 Å². The van der Waals surface area contributed by atoms with E-state index in [1.165, 1.54) is 0 Å². The van der Waals surface area contributed by atoms with Gasteiger partial charge in [-0.1, -0.05) is 27.2 Å². The predicted octanol–water partition coefficient (Wildman–Crippen LogP) is 2.47. The summed E-state index contributed by atoms with van der Waals surface area (Å²) in [4.78, 5) is 13.7. The van der Waals surface area contributed by atoms with Gasteiger partial charge in [-0.3, -0.25) is 0 Å². The van der Waals surface area contributed by atoms with Crippen molar-refractivity contribution >= 4 is 6.03 Å². The molecule has 0 aromatic carbocycles. The van der Waals surface area contributed by atoms with E-state index in [2.05, 4.69) is 26.1 Å². The Balaban J connectivity index is 2.28. The summed E-state index contributed by atoms with van der Waals surface area (Å²) in [5.41, 5.74) is 0. The van der Waals surface area contributed by atoms with Crippen LogP contribution < -0.4 is 5.32 Å². The Morgan fingerprint density at radius 3 is 2.73 bits per heavy atom. The number of unbranched alkanes of at least 4 members (excludes halogenated alkanes) is 1. The van der Waals surface area contributed by atoms with Crippen LogP contribution in [-0.4, -0.2) is 30.6 Å². The largest absolute Gasteiger partial charge is 0.338 e. The average Bonchev–Trinajstić information content (AvgIpc) is 2.22. The van der Waals surface area contributed by atoms with Crippen molar-refractivity contribution in [2.45, 2.75) is 40.0 Å². The van der Waals surface area contributed by atoms with Crippen LogP contribution in [0.5, 0.6) is 0 Å². The second-order valence-corrected chi connectivity index (χ2v) is 4.77. The van der Waals surface area contributed by atoms with Crippen LogP contribution in [0.2, 0.25) is 0 Å². The number of urea groups is 1. The van der Waals surface area contributed by atoms with Gasteiger partial charge in [-0.05, 0) is 24.7 Å². The number of hydrogen-bond acceptors (Lipinski definition) is 1. The Hall–Kier alpha value is -0.730. The van der Waals surface area contributed by atoms with Gasteiger partial charge in [0.15, 0.2) is 0 Å². The van der Waals surface area contributed by atoms with Crippen molar-refractivity contribution in [3.63, 3.8) is 0 Å². The number of amides is 2. The van der Waals surface area contributed by atoms with Crippen molar-refractivity contribution in [1.29, 1.82) is 0 Å². The Labute approximate surface area is 93.2 Å². The van der Waals surface area contributed by atoms with E-state index in [1.54, 1.807) is 0 Å². The summed E-state index contributed by atoms with van der Waals surface area (Å²) in [5, 5.41) is 2.98.